The summed E-state index contributed by atoms with van der Waals surface area (Å²) in [5.41, 5.74) is -0.525. The maximum Gasteiger partial charge on any atom is 0.349 e. The number of carbonyl (C=O) groups excluding carboxylic acids is 2. The number of esters is 2. The summed E-state index contributed by atoms with van der Waals surface area (Å²) in [6.45, 7) is 2.02. The maximum absolute atomic E-state index is 12.2. The molecule has 1 atom stereocenters. The molecular formula is C24H34N4O8. The Morgan fingerprint density at radius 1 is 0.806 bits per heavy atom. The Labute approximate surface area is 210 Å². The van der Waals surface area contributed by atoms with Gasteiger partial charge < -0.3 is 39.7 Å². The average molecular weight is 507 g/mol. The van der Waals surface area contributed by atoms with Gasteiger partial charge in [0.2, 0.25) is 0 Å². The first kappa shape index (κ1) is 32.3. The monoisotopic (exact) mass is 506 g/mol. The van der Waals surface area contributed by atoms with Crippen LogP contribution in [0.3, 0.4) is 0 Å². The number of nitriles is 2. The van der Waals surface area contributed by atoms with Gasteiger partial charge in [0.15, 0.2) is 0 Å². The molecule has 0 aliphatic carbocycles. The zero-order chi connectivity index (χ0) is 27.2. The van der Waals surface area contributed by atoms with Crippen molar-refractivity contribution in [1.82, 2.24) is 9.80 Å². The van der Waals surface area contributed by atoms with Crippen molar-refractivity contribution >= 4 is 11.9 Å². The number of aliphatic hydroxyl groups excluding tert-OH is 4. The van der Waals surface area contributed by atoms with Crippen molar-refractivity contribution < 1.29 is 39.5 Å². The lowest BCUT2D eigenvalue weighted by molar-refractivity contribution is -0.145. The zero-order valence-electron chi connectivity index (χ0n) is 20.3. The molecule has 0 aromatic heterocycles. The van der Waals surface area contributed by atoms with E-state index in [9.17, 15) is 14.9 Å². The standard InChI is InChI=1S/C24H34N4O8/c1-20(36-24(34)22(19-26)5-3-8-28(11-15-31)12-16-32)6-17-35-23(33)21(18-25)4-2-7-27(9-13-29)10-14-30/h2-5,7-8,20,29-32H,6,9-17H2,1H3. The molecule has 0 aliphatic rings. The minimum Gasteiger partial charge on any atom is -0.461 e. The summed E-state index contributed by atoms with van der Waals surface area (Å²) in [6.07, 6.45) is 7.82. The molecule has 0 rings (SSSR count). The highest BCUT2D eigenvalue weighted by atomic mass is 16.6. The molecule has 12 nitrogen and oxygen atoms in total. The number of rotatable bonds is 18. The molecule has 0 radical (unpaired) electrons. The Morgan fingerprint density at radius 2 is 1.22 bits per heavy atom. The lowest BCUT2D eigenvalue weighted by Crippen LogP contribution is -2.24. The van der Waals surface area contributed by atoms with E-state index in [2.05, 4.69) is 0 Å². The molecule has 0 aromatic rings. The summed E-state index contributed by atoms with van der Waals surface area (Å²) >= 11 is 0. The fourth-order valence-electron chi connectivity index (χ4n) is 2.56. The van der Waals surface area contributed by atoms with Gasteiger partial charge in [-0.3, -0.25) is 0 Å². The molecule has 198 valence electrons. The maximum atomic E-state index is 12.2. The third kappa shape index (κ3) is 14.6. The van der Waals surface area contributed by atoms with E-state index in [0.29, 0.717) is 0 Å². The Hall–Kier alpha value is -3.68. The first-order chi connectivity index (χ1) is 17.4. The number of hydrogen-bond acceptors (Lipinski definition) is 12. The number of carbonyl (C=O) groups is 2. The van der Waals surface area contributed by atoms with Crippen molar-refractivity contribution in [3.63, 3.8) is 0 Å². The summed E-state index contributed by atoms with van der Waals surface area (Å²) in [5, 5.41) is 54.3. The normalized spacial score (nSPS) is 12.8. The van der Waals surface area contributed by atoms with Gasteiger partial charge in [-0.2, -0.15) is 10.5 Å². The summed E-state index contributed by atoms with van der Waals surface area (Å²) in [4.78, 5) is 27.5. The largest absolute Gasteiger partial charge is 0.461 e. The van der Waals surface area contributed by atoms with Gasteiger partial charge >= 0.3 is 11.9 Å². The fourth-order valence-corrected chi connectivity index (χ4v) is 2.56. The summed E-state index contributed by atoms with van der Waals surface area (Å²) in [6, 6.07) is 3.46. The van der Waals surface area contributed by atoms with Gasteiger partial charge in [-0.25, -0.2) is 9.59 Å². The molecule has 0 heterocycles. The number of hydrogen-bond donors (Lipinski definition) is 4. The van der Waals surface area contributed by atoms with Gasteiger partial charge in [-0.1, -0.05) is 0 Å². The third-order valence-corrected chi connectivity index (χ3v) is 4.41. The van der Waals surface area contributed by atoms with Gasteiger partial charge in [-0.05, 0) is 43.6 Å². The molecule has 0 amide bonds. The SMILES string of the molecule is CC(CCOC(=O)C(C#N)=CC=CN(CCO)CCO)OC(=O)C(C#N)=CC=CN(CCO)CCO. The highest BCUT2D eigenvalue weighted by Crippen LogP contribution is 2.06. The van der Waals surface area contributed by atoms with Crippen molar-refractivity contribution in [2.24, 2.45) is 0 Å². The van der Waals surface area contributed by atoms with E-state index < -0.39 is 18.0 Å². The van der Waals surface area contributed by atoms with Crippen molar-refractivity contribution in [1.29, 1.82) is 10.5 Å². The first-order valence-corrected chi connectivity index (χ1v) is 11.2. The molecule has 12 heteroatoms. The van der Waals surface area contributed by atoms with Crippen LogP contribution < -0.4 is 0 Å². The predicted molar refractivity (Wildman–Crippen MR) is 128 cm³/mol. The van der Waals surface area contributed by atoms with Crippen LogP contribution in [0.5, 0.6) is 0 Å². The molecule has 0 spiro atoms. The predicted octanol–water partition coefficient (Wildman–Crippen LogP) is -0.648. The number of allylic oxidation sites excluding steroid dienone is 4. The molecule has 0 saturated carbocycles. The molecule has 0 aliphatic heterocycles. The minimum atomic E-state index is -0.866. The molecule has 0 aromatic carbocycles. The second kappa shape index (κ2) is 20.7. The smallest absolute Gasteiger partial charge is 0.349 e. The van der Waals surface area contributed by atoms with E-state index in [1.807, 2.05) is 0 Å². The summed E-state index contributed by atoms with van der Waals surface area (Å²) < 4.78 is 10.2. The molecular weight excluding hydrogens is 472 g/mol. The van der Waals surface area contributed by atoms with Crippen LogP contribution in [0.1, 0.15) is 13.3 Å². The first-order valence-electron chi connectivity index (χ1n) is 11.2. The topological polar surface area (TPSA) is 188 Å². The zero-order valence-corrected chi connectivity index (χ0v) is 20.3. The second-order valence-corrected chi connectivity index (χ2v) is 7.17. The minimum absolute atomic E-state index is 0.125. The molecule has 4 N–H and O–H groups in total. The molecule has 0 bridgehead atoms. The van der Waals surface area contributed by atoms with Crippen LogP contribution >= 0.6 is 0 Å². The van der Waals surface area contributed by atoms with Gasteiger partial charge in [0.1, 0.15) is 29.4 Å². The summed E-state index contributed by atoms with van der Waals surface area (Å²) in [5.74, 6) is -1.73. The molecule has 1 unspecified atom stereocenters. The van der Waals surface area contributed by atoms with E-state index in [1.165, 1.54) is 36.7 Å². The third-order valence-electron chi connectivity index (χ3n) is 4.41. The van der Waals surface area contributed by atoms with Crippen molar-refractivity contribution in [2.45, 2.75) is 19.4 Å². The van der Waals surface area contributed by atoms with Gasteiger partial charge in [-0.15, -0.1) is 0 Å². The van der Waals surface area contributed by atoms with Gasteiger partial charge in [0.25, 0.3) is 0 Å². The second-order valence-electron chi connectivity index (χ2n) is 7.17. The quantitative estimate of drug-likeness (QED) is 0.0797. The molecule has 0 fully saturated rings. The highest BCUT2D eigenvalue weighted by molar-refractivity contribution is 5.93. The van der Waals surface area contributed by atoms with Crippen LogP contribution in [0.15, 0.2) is 47.9 Å². The Morgan fingerprint density at radius 3 is 1.61 bits per heavy atom. The van der Waals surface area contributed by atoms with Crippen LogP contribution in [0.25, 0.3) is 0 Å². The highest BCUT2D eigenvalue weighted by Gasteiger charge is 2.16. The number of aliphatic hydroxyl groups is 4. The van der Waals surface area contributed by atoms with Crippen molar-refractivity contribution in [2.75, 3.05) is 59.2 Å². The molecule has 36 heavy (non-hydrogen) atoms. The fraction of sp³-hybridized carbons (Fsp3) is 0.500. The number of nitrogens with zero attached hydrogens (tertiary/aromatic N) is 4. The lowest BCUT2D eigenvalue weighted by Gasteiger charge is -2.17. The lowest BCUT2D eigenvalue weighted by atomic mass is 10.2. The van der Waals surface area contributed by atoms with E-state index in [1.54, 1.807) is 28.9 Å². The number of ether oxygens (including phenoxy) is 2. The Kier molecular flexibility index (Phi) is 18.6. The van der Waals surface area contributed by atoms with Crippen molar-refractivity contribution in [3.05, 3.63) is 47.9 Å². The Bertz CT molecular complexity index is 858. The van der Waals surface area contributed by atoms with E-state index in [0.717, 1.165) is 0 Å². The van der Waals surface area contributed by atoms with Gasteiger partial charge in [0.05, 0.1) is 33.0 Å². The van der Waals surface area contributed by atoms with Crippen LogP contribution in [-0.4, -0.2) is 107 Å². The average Bonchev–Trinajstić information content (AvgIpc) is 2.84. The van der Waals surface area contributed by atoms with E-state index in [-0.39, 0.29) is 76.8 Å². The van der Waals surface area contributed by atoms with Crippen LogP contribution in [0.4, 0.5) is 0 Å². The van der Waals surface area contributed by atoms with Gasteiger partial charge in [0, 0.05) is 32.6 Å². The van der Waals surface area contributed by atoms with Crippen molar-refractivity contribution in [3.8, 4) is 12.1 Å². The van der Waals surface area contributed by atoms with Crippen LogP contribution in [-0.2, 0) is 19.1 Å². The van der Waals surface area contributed by atoms with E-state index in [4.69, 9.17) is 35.2 Å². The van der Waals surface area contributed by atoms with Crippen LogP contribution in [0.2, 0.25) is 0 Å². The summed E-state index contributed by atoms with van der Waals surface area (Å²) in [7, 11) is 0. The van der Waals surface area contributed by atoms with E-state index >= 15 is 0 Å². The molecule has 0 saturated heterocycles. The van der Waals surface area contributed by atoms with Crippen LogP contribution in [0, 0.1) is 22.7 Å². The Balaban J connectivity index is 4.78.